The number of piperazine rings is 1. The van der Waals surface area contributed by atoms with E-state index in [2.05, 4.69) is 37.6 Å². The molecule has 1 aromatic rings. The highest BCUT2D eigenvalue weighted by Crippen LogP contribution is 2.28. The Morgan fingerprint density at radius 3 is 2.35 bits per heavy atom. The standard InChI is InChI=1S/C17H28N2O/c1-13(2)16(17(20)15-8-6-5-7-9-15)19-11-10-18(4)14(3)12-19/h5-9,13-14,16-17,20H,10-12H2,1-4H3. The molecule has 1 saturated heterocycles. The molecule has 1 heterocycles. The quantitative estimate of drug-likeness (QED) is 0.914. The summed E-state index contributed by atoms with van der Waals surface area (Å²) >= 11 is 0. The van der Waals surface area contributed by atoms with Gasteiger partial charge in [-0.2, -0.15) is 0 Å². The Hall–Kier alpha value is -0.900. The summed E-state index contributed by atoms with van der Waals surface area (Å²) in [5.74, 6) is 0.431. The Kier molecular flexibility index (Phi) is 5.19. The van der Waals surface area contributed by atoms with Crippen molar-refractivity contribution in [2.45, 2.75) is 39.0 Å². The van der Waals surface area contributed by atoms with Crippen LogP contribution in [0.5, 0.6) is 0 Å². The summed E-state index contributed by atoms with van der Waals surface area (Å²) in [6, 6.07) is 10.8. The van der Waals surface area contributed by atoms with Gasteiger partial charge in [0.1, 0.15) is 0 Å². The van der Waals surface area contributed by atoms with Gasteiger partial charge in [-0.1, -0.05) is 44.2 Å². The fourth-order valence-electron chi connectivity index (χ4n) is 3.18. The molecule has 3 nitrogen and oxygen atoms in total. The van der Waals surface area contributed by atoms with Crippen LogP contribution in [-0.4, -0.2) is 53.7 Å². The van der Waals surface area contributed by atoms with Crippen molar-refractivity contribution in [3.63, 3.8) is 0 Å². The third-order valence-electron chi connectivity index (χ3n) is 4.56. The number of nitrogens with zero attached hydrogens (tertiary/aromatic N) is 2. The zero-order valence-corrected chi connectivity index (χ0v) is 13.2. The first kappa shape index (κ1) is 15.5. The average Bonchev–Trinajstić information content (AvgIpc) is 2.43. The SMILES string of the molecule is CC(C)C(C(O)c1ccccc1)N1CCN(C)C(C)C1. The highest BCUT2D eigenvalue weighted by Gasteiger charge is 2.33. The van der Waals surface area contributed by atoms with Crippen LogP contribution >= 0.6 is 0 Å². The average molecular weight is 276 g/mol. The molecule has 1 N–H and O–H groups in total. The first-order valence-electron chi connectivity index (χ1n) is 7.68. The Morgan fingerprint density at radius 1 is 1.15 bits per heavy atom. The lowest BCUT2D eigenvalue weighted by molar-refractivity contribution is -0.0141. The maximum absolute atomic E-state index is 10.8. The zero-order chi connectivity index (χ0) is 14.7. The first-order chi connectivity index (χ1) is 9.50. The number of benzene rings is 1. The van der Waals surface area contributed by atoms with E-state index in [1.54, 1.807) is 0 Å². The van der Waals surface area contributed by atoms with Crippen molar-refractivity contribution >= 4 is 0 Å². The Labute approximate surface area is 123 Å². The predicted octanol–water partition coefficient (Wildman–Crippen LogP) is 2.38. The molecule has 112 valence electrons. The molecule has 0 saturated carbocycles. The molecule has 2 rings (SSSR count). The lowest BCUT2D eigenvalue weighted by Crippen LogP contribution is -2.56. The van der Waals surface area contributed by atoms with E-state index in [0.29, 0.717) is 12.0 Å². The normalized spacial score (nSPS) is 24.8. The third-order valence-corrected chi connectivity index (χ3v) is 4.56. The van der Waals surface area contributed by atoms with Crippen LogP contribution in [0.2, 0.25) is 0 Å². The molecular weight excluding hydrogens is 248 g/mol. The molecule has 1 aliphatic rings. The van der Waals surface area contributed by atoms with Crippen LogP contribution in [0.3, 0.4) is 0 Å². The zero-order valence-electron chi connectivity index (χ0n) is 13.2. The topological polar surface area (TPSA) is 26.7 Å². The van der Waals surface area contributed by atoms with Crippen molar-refractivity contribution in [3.05, 3.63) is 35.9 Å². The molecule has 1 aliphatic heterocycles. The largest absolute Gasteiger partial charge is 0.387 e. The number of rotatable bonds is 4. The van der Waals surface area contributed by atoms with Gasteiger partial charge in [0.2, 0.25) is 0 Å². The summed E-state index contributed by atoms with van der Waals surface area (Å²) < 4.78 is 0. The summed E-state index contributed by atoms with van der Waals surface area (Å²) in [5.41, 5.74) is 1.03. The molecule has 0 spiro atoms. The minimum atomic E-state index is -0.410. The van der Waals surface area contributed by atoms with Crippen LogP contribution in [0.15, 0.2) is 30.3 Å². The number of hydrogen-bond acceptors (Lipinski definition) is 3. The summed E-state index contributed by atoms with van der Waals surface area (Å²) in [5, 5.41) is 10.8. The summed E-state index contributed by atoms with van der Waals surface area (Å²) in [6.45, 7) is 9.82. The molecule has 3 unspecified atom stereocenters. The van der Waals surface area contributed by atoms with Gasteiger partial charge in [-0.15, -0.1) is 0 Å². The van der Waals surface area contributed by atoms with E-state index in [-0.39, 0.29) is 6.04 Å². The van der Waals surface area contributed by atoms with Gasteiger partial charge >= 0.3 is 0 Å². The summed E-state index contributed by atoms with van der Waals surface area (Å²) in [7, 11) is 2.18. The van der Waals surface area contributed by atoms with Gasteiger partial charge in [0.25, 0.3) is 0 Å². The van der Waals surface area contributed by atoms with Crippen molar-refractivity contribution in [1.82, 2.24) is 9.80 Å². The summed E-state index contributed by atoms with van der Waals surface area (Å²) in [6.07, 6.45) is -0.410. The lowest BCUT2D eigenvalue weighted by atomic mass is 9.91. The van der Waals surface area contributed by atoms with Gasteiger partial charge in [0.05, 0.1) is 6.10 Å². The van der Waals surface area contributed by atoms with E-state index in [4.69, 9.17) is 0 Å². The number of aliphatic hydroxyl groups is 1. The van der Waals surface area contributed by atoms with Gasteiger partial charge in [-0.3, -0.25) is 4.90 Å². The minimum absolute atomic E-state index is 0.188. The van der Waals surface area contributed by atoms with Crippen molar-refractivity contribution in [3.8, 4) is 0 Å². The van der Waals surface area contributed by atoms with Crippen molar-refractivity contribution in [2.24, 2.45) is 5.92 Å². The highest BCUT2D eigenvalue weighted by molar-refractivity contribution is 5.19. The third kappa shape index (κ3) is 3.40. The van der Waals surface area contributed by atoms with Crippen molar-refractivity contribution in [1.29, 1.82) is 0 Å². The second-order valence-corrected chi connectivity index (χ2v) is 6.41. The van der Waals surface area contributed by atoms with E-state index in [0.717, 1.165) is 25.2 Å². The van der Waals surface area contributed by atoms with E-state index in [1.165, 1.54) is 0 Å². The van der Waals surface area contributed by atoms with E-state index in [9.17, 15) is 5.11 Å². The maximum Gasteiger partial charge on any atom is 0.0947 e. The fraction of sp³-hybridized carbons (Fsp3) is 0.647. The molecule has 1 fully saturated rings. The van der Waals surface area contributed by atoms with E-state index < -0.39 is 6.10 Å². The second-order valence-electron chi connectivity index (χ2n) is 6.41. The van der Waals surface area contributed by atoms with Crippen LogP contribution in [-0.2, 0) is 0 Å². The smallest absolute Gasteiger partial charge is 0.0947 e. The van der Waals surface area contributed by atoms with Gasteiger partial charge in [-0.05, 0) is 25.5 Å². The second kappa shape index (κ2) is 6.70. The molecule has 0 aromatic heterocycles. The number of likely N-dealkylation sites (N-methyl/N-ethyl adjacent to an activating group) is 1. The molecule has 3 heteroatoms. The molecule has 0 bridgehead atoms. The highest BCUT2D eigenvalue weighted by atomic mass is 16.3. The Morgan fingerprint density at radius 2 is 1.80 bits per heavy atom. The van der Waals surface area contributed by atoms with Crippen molar-refractivity contribution < 1.29 is 5.11 Å². The fourth-order valence-corrected chi connectivity index (χ4v) is 3.18. The van der Waals surface area contributed by atoms with E-state index in [1.807, 2.05) is 30.3 Å². The van der Waals surface area contributed by atoms with Crippen LogP contribution in [0.25, 0.3) is 0 Å². The molecule has 0 radical (unpaired) electrons. The predicted molar refractivity (Wildman–Crippen MR) is 83.7 cm³/mol. The van der Waals surface area contributed by atoms with Gasteiger partial charge < -0.3 is 10.0 Å². The van der Waals surface area contributed by atoms with Gasteiger partial charge in [0, 0.05) is 31.7 Å². The maximum atomic E-state index is 10.8. The Balaban J connectivity index is 2.15. The van der Waals surface area contributed by atoms with Crippen LogP contribution in [0.4, 0.5) is 0 Å². The molecule has 20 heavy (non-hydrogen) atoms. The molecule has 0 amide bonds. The van der Waals surface area contributed by atoms with Crippen LogP contribution < -0.4 is 0 Å². The summed E-state index contributed by atoms with van der Waals surface area (Å²) in [4.78, 5) is 4.86. The molecule has 3 atom stereocenters. The molecule has 1 aromatic carbocycles. The minimum Gasteiger partial charge on any atom is -0.387 e. The van der Waals surface area contributed by atoms with Gasteiger partial charge in [0.15, 0.2) is 0 Å². The monoisotopic (exact) mass is 276 g/mol. The first-order valence-corrected chi connectivity index (χ1v) is 7.68. The van der Waals surface area contributed by atoms with Gasteiger partial charge in [-0.25, -0.2) is 0 Å². The van der Waals surface area contributed by atoms with Crippen molar-refractivity contribution in [2.75, 3.05) is 26.7 Å². The lowest BCUT2D eigenvalue weighted by Gasteiger charge is -2.44. The number of aliphatic hydroxyl groups excluding tert-OH is 1. The molecular formula is C17H28N2O. The van der Waals surface area contributed by atoms with E-state index >= 15 is 0 Å². The Bertz CT molecular complexity index is 407. The molecule has 0 aliphatic carbocycles. The number of hydrogen-bond donors (Lipinski definition) is 1. The van der Waals surface area contributed by atoms with Crippen LogP contribution in [0, 0.1) is 5.92 Å². The van der Waals surface area contributed by atoms with Crippen LogP contribution in [0.1, 0.15) is 32.4 Å².